The quantitative estimate of drug-likeness (QED) is 0.766. The molecule has 2 aromatic carbocycles. The van der Waals surface area contributed by atoms with Crippen molar-refractivity contribution in [3.63, 3.8) is 0 Å². The molecule has 0 fully saturated rings. The van der Waals surface area contributed by atoms with Gasteiger partial charge in [-0.3, -0.25) is 9.59 Å². The SMILES string of the molecule is CC(=O)c1ccc(O[C@@H](C)C(=O)c2cc(C)c(C)cc2C)cc1. The molecule has 0 bridgehead atoms. The third-order valence-corrected chi connectivity index (χ3v) is 4.05. The van der Waals surface area contributed by atoms with Crippen LogP contribution in [0.25, 0.3) is 0 Å². The molecule has 0 amide bonds. The van der Waals surface area contributed by atoms with Crippen molar-refractivity contribution in [1.29, 1.82) is 0 Å². The Hall–Kier alpha value is -2.42. The Morgan fingerprint density at radius 1 is 0.913 bits per heavy atom. The van der Waals surface area contributed by atoms with E-state index in [4.69, 9.17) is 4.74 Å². The second-order valence-corrected chi connectivity index (χ2v) is 5.96. The van der Waals surface area contributed by atoms with Gasteiger partial charge in [0.2, 0.25) is 5.78 Å². The summed E-state index contributed by atoms with van der Waals surface area (Å²) in [6, 6.07) is 10.8. The molecular formula is C20H22O3. The van der Waals surface area contributed by atoms with E-state index in [2.05, 4.69) is 0 Å². The fourth-order valence-corrected chi connectivity index (χ4v) is 2.47. The third kappa shape index (κ3) is 3.86. The topological polar surface area (TPSA) is 43.4 Å². The number of aryl methyl sites for hydroxylation is 3. The summed E-state index contributed by atoms with van der Waals surface area (Å²) in [6.07, 6.45) is -0.584. The smallest absolute Gasteiger partial charge is 0.203 e. The highest BCUT2D eigenvalue weighted by Gasteiger charge is 2.19. The number of Topliss-reactive ketones (excluding diaryl/α,β-unsaturated/α-hetero) is 2. The Kier molecular flexibility index (Phi) is 4.99. The first-order chi connectivity index (χ1) is 10.8. The molecule has 0 aromatic heterocycles. The number of ketones is 2. The van der Waals surface area contributed by atoms with Crippen molar-refractivity contribution in [1.82, 2.24) is 0 Å². The van der Waals surface area contributed by atoms with E-state index in [1.54, 1.807) is 31.2 Å². The van der Waals surface area contributed by atoms with Gasteiger partial charge < -0.3 is 4.74 Å². The van der Waals surface area contributed by atoms with Gasteiger partial charge in [-0.25, -0.2) is 0 Å². The minimum absolute atomic E-state index is 0.00595. The molecule has 120 valence electrons. The maximum Gasteiger partial charge on any atom is 0.203 e. The second kappa shape index (κ2) is 6.78. The predicted molar refractivity (Wildman–Crippen MR) is 91.5 cm³/mol. The Morgan fingerprint density at radius 2 is 1.48 bits per heavy atom. The molecule has 2 aromatic rings. The van der Waals surface area contributed by atoms with Crippen LogP contribution in [0, 0.1) is 20.8 Å². The van der Waals surface area contributed by atoms with Crippen LogP contribution >= 0.6 is 0 Å². The number of benzene rings is 2. The van der Waals surface area contributed by atoms with Crippen molar-refractivity contribution < 1.29 is 14.3 Å². The molecule has 0 N–H and O–H groups in total. The van der Waals surface area contributed by atoms with Gasteiger partial charge in [0.15, 0.2) is 11.9 Å². The monoisotopic (exact) mass is 310 g/mol. The second-order valence-electron chi connectivity index (χ2n) is 5.96. The van der Waals surface area contributed by atoms with Gasteiger partial charge in [-0.05, 0) is 81.6 Å². The Morgan fingerprint density at radius 3 is 2.04 bits per heavy atom. The molecule has 0 aliphatic rings. The van der Waals surface area contributed by atoms with Crippen LogP contribution in [0.2, 0.25) is 0 Å². The van der Waals surface area contributed by atoms with Crippen molar-refractivity contribution in [2.75, 3.05) is 0 Å². The minimum atomic E-state index is -0.584. The highest BCUT2D eigenvalue weighted by atomic mass is 16.5. The lowest BCUT2D eigenvalue weighted by Gasteiger charge is -2.16. The van der Waals surface area contributed by atoms with Crippen molar-refractivity contribution in [2.45, 2.75) is 40.7 Å². The standard InChI is InChI=1S/C20H22O3/c1-12-10-14(3)19(11-13(12)2)20(22)16(5)23-18-8-6-17(7-9-18)15(4)21/h6-11,16H,1-5H3/t16-/m0/s1. The van der Waals surface area contributed by atoms with Gasteiger partial charge in [0.05, 0.1) is 0 Å². The van der Waals surface area contributed by atoms with Crippen LogP contribution < -0.4 is 4.74 Å². The molecule has 1 atom stereocenters. The maximum atomic E-state index is 12.6. The number of carbonyl (C=O) groups is 2. The summed E-state index contributed by atoms with van der Waals surface area (Å²) in [4.78, 5) is 23.9. The maximum absolute atomic E-state index is 12.6. The largest absolute Gasteiger partial charge is 0.483 e. The summed E-state index contributed by atoms with van der Waals surface area (Å²) in [5, 5.41) is 0. The van der Waals surface area contributed by atoms with Crippen molar-refractivity contribution in [2.24, 2.45) is 0 Å². The lowest BCUT2D eigenvalue weighted by Crippen LogP contribution is -2.24. The zero-order chi connectivity index (χ0) is 17.1. The van der Waals surface area contributed by atoms with Crippen molar-refractivity contribution in [3.8, 4) is 5.75 Å². The number of rotatable bonds is 5. The molecule has 0 radical (unpaired) electrons. The van der Waals surface area contributed by atoms with E-state index in [1.807, 2.05) is 32.9 Å². The van der Waals surface area contributed by atoms with Gasteiger partial charge in [-0.15, -0.1) is 0 Å². The zero-order valence-corrected chi connectivity index (χ0v) is 14.3. The molecule has 0 heterocycles. The van der Waals surface area contributed by atoms with Crippen molar-refractivity contribution in [3.05, 3.63) is 64.2 Å². The van der Waals surface area contributed by atoms with Gasteiger partial charge >= 0.3 is 0 Å². The highest BCUT2D eigenvalue weighted by Crippen LogP contribution is 2.20. The predicted octanol–water partition coefficient (Wildman–Crippen LogP) is 4.46. The van der Waals surface area contributed by atoms with Crippen LogP contribution in [0.4, 0.5) is 0 Å². The summed E-state index contributed by atoms with van der Waals surface area (Å²) >= 11 is 0. The number of hydrogen-bond donors (Lipinski definition) is 0. The van der Waals surface area contributed by atoms with E-state index < -0.39 is 6.10 Å². The van der Waals surface area contributed by atoms with Crippen LogP contribution in [0.1, 0.15) is 51.3 Å². The van der Waals surface area contributed by atoms with E-state index >= 15 is 0 Å². The molecule has 2 rings (SSSR count). The molecule has 3 nitrogen and oxygen atoms in total. The minimum Gasteiger partial charge on any atom is -0.483 e. The summed E-state index contributed by atoms with van der Waals surface area (Å²) < 4.78 is 5.73. The first-order valence-electron chi connectivity index (χ1n) is 7.69. The van der Waals surface area contributed by atoms with Crippen LogP contribution in [-0.2, 0) is 0 Å². The molecule has 0 saturated heterocycles. The normalized spacial score (nSPS) is 11.9. The van der Waals surface area contributed by atoms with E-state index in [0.717, 1.165) is 11.1 Å². The van der Waals surface area contributed by atoms with Gasteiger partial charge in [0, 0.05) is 11.1 Å². The van der Waals surface area contributed by atoms with E-state index in [0.29, 0.717) is 16.9 Å². The summed E-state index contributed by atoms with van der Waals surface area (Å²) in [7, 11) is 0. The van der Waals surface area contributed by atoms with Crippen LogP contribution in [0.15, 0.2) is 36.4 Å². The van der Waals surface area contributed by atoms with Crippen LogP contribution in [-0.4, -0.2) is 17.7 Å². The zero-order valence-electron chi connectivity index (χ0n) is 14.3. The third-order valence-electron chi connectivity index (χ3n) is 4.05. The van der Waals surface area contributed by atoms with E-state index in [-0.39, 0.29) is 11.6 Å². The molecule has 0 aliphatic heterocycles. The molecule has 0 unspecified atom stereocenters. The molecule has 3 heteroatoms. The average Bonchev–Trinajstić information content (AvgIpc) is 2.50. The summed E-state index contributed by atoms with van der Waals surface area (Å²) in [5.41, 5.74) is 4.55. The molecule has 0 aliphatic carbocycles. The van der Waals surface area contributed by atoms with Gasteiger partial charge in [0.1, 0.15) is 5.75 Å². The number of carbonyl (C=O) groups excluding carboxylic acids is 2. The fourth-order valence-electron chi connectivity index (χ4n) is 2.47. The van der Waals surface area contributed by atoms with Gasteiger partial charge in [-0.2, -0.15) is 0 Å². The van der Waals surface area contributed by atoms with Crippen LogP contribution in [0.3, 0.4) is 0 Å². The van der Waals surface area contributed by atoms with Gasteiger partial charge in [0.25, 0.3) is 0 Å². The Labute approximate surface area is 137 Å². The van der Waals surface area contributed by atoms with Crippen LogP contribution in [0.5, 0.6) is 5.75 Å². The first-order valence-corrected chi connectivity index (χ1v) is 7.69. The summed E-state index contributed by atoms with van der Waals surface area (Å²) in [6.45, 7) is 9.24. The Bertz CT molecular complexity index is 742. The average molecular weight is 310 g/mol. The number of hydrogen-bond acceptors (Lipinski definition) is 3. The fraction of sp³-hybridized carbons (Fsp3) is 0.300. The number of ether oxygens (including phenoxy) is 1. The molecule has 23 heavy (non-hydrogen) atoms. The molecule has 0 spiro atoms. The Balaban J connectivity index is 2.17. The first kappa shape index (κ1) is 16.9. The lowest BCUT2D eigenvalue weighted by molar-refractivity contribution is 0.0817. The molecule has 0 saturated carbocycles. The van der Waals surface area contributed by atoms with E-state index in [1.165, 1.54) is 12.5 Å². The van der Waals surface area contributed by atoms with Crippen molar-refractivity contribution >= 4 is 11.6 Å². The summed E-state index contributed by atoms with van der Waals surface area (Å²) in [5.74, 6) is 0.546. The van der Waals surface area contributed by atoms with Gasteiger partial charge in [-0.1, -0.05) is 6.07 Å². The lowest BCUT2D eigenvalue weighted by atomic mass is 9.96. The highest BCUT2D eigenvalue weighted by molar-refractivity contribution is 6.01. The van der Waals surface area contributed by atoms with E-state index in [9.17, 15) is 9.59 Å². The molecular weight excluding hydrogens is 288 g/mol.